The van der Waals surface area contributed by atoms with Crippen molar-refractivity contribution in [1.82, 2.24) is 5.32 Å². The van der Waals surface area contributed by atoms with Crippen LogP contribution in [0.3, 0.4) is 0 Å². The molecule has 0 saturated carbocycles. The van der Waals surface area contributed by atoms with Gasteiger partial charge >= 0.3 is 0 Å². The number of rotatable bonds is 6. The Balaban J connectivity index is 1.91. The molecule has 0 radical (unpaired) electrons. The van der Waals surface area contributed by atoms with Crippen molar-refractivity contribution in [3.8, 4) is 0 Å². The molecule has 0 saturated heterocycles. The van der Waals surface area contributed by atoms with Crippen LogP contribution in [0.5, 0.6) is 0 Å². The number of hydrogen-bond acceptors (Lipinski definition) is 4. The van der Waals surface area contributed by atoms with E-state index in [-0.39, 0.29) is 24.4 Å². The molecule has 4 nitrogen and oxygen atoms in total. The molecular formula is C14H18FNO3S. The van der Waals surface area contributed by atoms with Gasteiger partial charge in [0.05, 0.1) is 19.3 Å². The molecule has 1 aliphatic rings. The highest BCUT2D eigenvalue weighted by Gasteiger charge is 2.22. The Morgan fingerprint density at radius 3 is 3.15 bits per heavy atom. The van der Waals surface area contributed by atoms with Crippen LogP contribution in [-0.2, 0) is 14.3 Å². The summed E-state index contributed by atoms with van der Waals surface area (Å²) in [6.07, 6.45) is 0.797. The standard InChI is InChI=1S/C14H18FNO3S/c1-18-5-6-19-9-14(17)16-12-4-7-20-13-3-2-10(15)8-11(12)13/h2-3,8,12H,4-7,9H2,1H3,(H,16,17). The van der Waals surface area contributed by atoms with Crippen LogP contribution in [0.15, 0.2) is 23.1 Å². The number of fused-ring (bicyclic) bond motifs is 1. The van der Waals surface area contributed by atoms with Crippen LogP contribution in [-0.4, -0.2) is 38.6 Å². The number of amides is 1. The Hall–Kier alpha value is -1.11. The molecule has 1 aliphatic heterocycles. The molecule has 1 N–H and O–H groups in total. The van der Waals surface area contributed by atoms with Crippen LogP contribution in [0, 0.1) is 5.82 Å². The summed E-state index contributed by atoms with van der Waals surface area (Å²) in [5, 5.41) is 2.89. The first kappa shape index (κ1) is 15.3. The Morgan fingerprint density at radius 2 is 2.35 bits per heavy atom. The maximum atomic E-state index is 13.3. The van der Waals surface area contributed by atoms with E-state index in [0.29, 0.717) is 13.2 Å². The second kappa shape index (κ2) is 7.61. The summed E-state index contributed by atoms with van der Waals surface area (Å²) in [6.45, 7) is 0.842. The minimum Gasteiger partial charge on any atom is -0.382 e. The van der Waals surface area contributed by atoms with Gasteiger partial charge in [-0.1, -0.05) is 0 Å². The van der Waals surface area contributed by atoms with Crippen molar-refractivity contribution in [3.05, 3.63) is 29.6 Å². The molecule has 1 heterocycles. The molecular weight excluding hydrogens is 281 g/mol. The summed E-state index contributed by atoms with van der Waals surface area (Å²) < 4.78 is 23.3. The Kier molecular flexibility index (Phi) is 5.82. The van der Waals surface area contributed by atoms with Gasteiger partial charge in [0.1, 0.15) is 12.4 Å². The Morgan fingerprint density at radius 1 is 1.50 bits per heavy atom. The first-order chi connectivity index (χ1) is 9.70. The van der Waals surface area contributed by atoms with E-state index in [2.05, 4.69) is 5.32 Å². The summed E-state index contributed by atoms with van der Waals surface area (Å²) in [5.74, 6) is 0.448. The molecule has 1 aromatic carbocycles. The lowest BCUT2D eigenvalue weighted by Gasteiger charge is -2.26. The number of benzene rings is 1. The highest BCUT2D eigenvalue weighted by molar-refractivity contribution is 7.99. The van der Waals surface area contributed by atoms with Gasteiger partial charge in [0, 0.05) is 17.8 Å². The summed E-state index contributed by atoms with van der Waals surface area (Å²) in [6, 6.07) is 4.57. The van der Waals surface area contributed by atoms with Crippen LogP contribution in [0.1, 0.15) is 18.0 Å². The van der Waals surface area contributed by atoms with E-state index < -0.39 is 0 Å². The first-order valence-electron chi connectivity index (χ1n) is 6.49. The van der Waals surface area contributed by atoms with E-state index in [9.17, 15) is 9.18 Å². The van der Waals surface area contributed by atoms with Crippen molar-refractivity contribution < 1.29 is 18.7 Å². The van der Waals surface area contributed by atoms with Gasteiger partial charge in [0.2, 0.25) is 5.91 Å². The lowest BCUT2D eigenvalue weighted by Crippen LogP contribution is -2.33. The molecule has 1 atom stereocenters. The van der Waals surface area contributed by atoms with Gasteiger partial charge in [-0.2, -0.15) is 0 Å². The highest BCUT2D eigenvalue weighted by atomic mass is 32.2. The van der Waals surface area contributed by atoms with Gasteiger partial charge in [0.15, 0.2) is 0 Å². The topological polar surface area (TPSA) is 47.6 Å². The number of ether oxygens (including phenoxy) is 2. The average Bonchev–Trinajstić information content (AvgIpc) is 2.44. The zero-order chi connectivity index (χ0) is 14.4. The van der Waals surface area contributed by atoms with Gasteiger partial charge in [-0.05, 0) is 30.2 Å². The van der Waals surface area contributed by atoms with E-state index in [1.54, 1.807) is 24.9 Å². The normalized spacial score (nSPS) is 17.6. The minimum absolute atomic E-state index is 0.00233. The second-order valence-electron chi connectivity index (χ2n) is 4.48. The molecule has 6 heteroatoms. The van der Waals surface area contributed by atoms with E-state index in [1.165, 1.54) is 12.1 Å². The molecule has 110 valence electrons. The monoisotopic (exact) mass is 299 g/mol. The maximum absolute atomic E-state index is 13.3. The Labute approximate surface area is 122 Å². The second-order valence-corrected chi connectivity index (χ2v) is 5.62. The molecule has 1 unspecified atom stereocenters. The third kappa shape index (κ3) is 4.19. The van der Waals surface area contributed by atoms with Crippen molar-refractivity contribution in [2.45, 2.75) is 17.4 Å². The summed E-state index contributed by atoms with van der Waals surface area (Å²) in [4.78, 5) is 12.8. The molecule has 20 heavy (non-hydrogen) atoms. The predicted octanol–water partition coefficient (Wildman–Crippen LogP) is 2.14. The molecule has 0 spiro atoms. The number of hydrogen-bond donors (Lipinski definition) is 1. The highest BCUT2D eigenvalue weighted by Crippen LogP contribution is 2.36. The summed E-state index contributed by atoms with van der Waals surface area (Å²) >= 11 is 1.69. The quantitative estimate of drug-likeness (QED) is 0.818. The third-order valence-corrected chi connectivity index (χ3v) is 4.13. The fourth-order valence-electron chi connectivity index (χ4n) is 2.06. The van der Waals surface area contributed by atoms with Gasteiger partial charge in [-0.3, -0.25) is 4.79 Å². The predicted molar refractivity (Wildman–Crippen MR) is 75.3 cm³/mol. The molecule has 1 amide bonds. The van der Waals surface area contributed by atoms with Gasteiger partial charge < -0.3 is 14.8 Å². The molecule has 0 aliphatic carbocycles. The number of halogens is 1. The lowest BCUT2D eigenvalue weighted by atomic mass is 10.0. The van der Waals surface area contributed by atoms with Crippen LogP contribution in [0.25, 0.3) is 0 Å². The van der Waals surface area contributed by atoms with Crippen LogP contribution in [0.2, 0.25) is 0 Å². The Bertz CT molecular complexity index is 470. The number of methoxy groups -OCH3 is 1. The molecule has 0 fully saturated rings. The average molecular weight is 299 g/mol. The van der Waals surface area contributed by atoms with Gasteiger partial charge in [0.25, 0.3) is 0 Å². The zero-order valence-electron chi connectivity index (χ0n) is 11.4. The summed E-state index contributed by atoms with van der Waals surface area (Å²) in [5.41, 5.74) is 0.853. The van der Waals surface area contributed by atoms with Crippen LogP contribution in [0.4, 0.5) is 4.39 Å². The van der Waals surface area contributed by atoms with Crippen LogP contribution >= 0.6 is 11.8 Å². The zero-order valence-corrected chi connectivity index (χ0v) is 12.2. The molecule has 1 aromatic rings. The smallest absolute Gasteiger partial charge is 0.246 e. The van der Waals surface area contributed by atoms with Gasteiger partial charge in [-0.15, -0.1) is 11.8 Å². The largest absolute Gasteiger partial charge is 0.382 e. The number of carbonyl (C=O) groups excluding carboxylic acids is 1. The molecule has 0 bridgehead atoms. The van der Waals surface area contributed by atoms with Crippen molar-refractivity contribution in [2.75, 3.05) is 32.7 Å². The fraction of sp³-hybridized carbons (Fsp3) is 0.500. The fourth-order valence-corrected chi connectivity index (χ4v) is 3.16. The van der Waals surface area contributed by atoms with Crippen molar-refractivity contribution in [2.24, 2.45) is 0 Å². The van der Waals surface area contributed by atoms with Crippen molar-refractivity contribution in [3.63, 3.8) is 0 Å². The van der Waals surface area contributed by atoms with E-state index in [1.807, 2.05) is 0 Å². The van der Waals surface area contributed by atoms with Crippen LogP contribution < -0.4 is 5.32 Å². The van der Waals surface area contributed by atoms with E-state index >= 15 is 0 Å². The minimum atomic E-state index is -0.276. The number of nitrogens with one attached hydrogen (secondary N) is 1. The van der Waals surface area contributed by atoms with E-state index in [0.717, 1.165) is 22.6 Å². The summed E-state index contributed by atoms with van der Waals surface area (Å²) in [7, 11) is 1.58. The van der Waals surface area contributed by atoms with Gasteiger partial charge in [-0.25, -0.2) is 4.39 Å². The van der Waals surface area contributed by atoms with Crippen molar-refractivity contribution >= 4 is 17.7 Å². The first-order valence-corrected chi connectivity index (χ1v) is 7.47. The number of thioether (sulfide) groups is 1. The van der Waals surface area contributed by atoms with E-state index in [4.69, 9.17) is 9.47 Å². The number of carbonyl (C=O) groups is 1. The third-order valence-electron chi connectivity index (χ3n) is 3.01. The maximum Gasteiger partial charge on any atom is 0.246 e. The molecule has 0 aromatic heterocycles. The van der Waals surface area contributed by atoms with Crippen molar-refractivity contribution in [1.29, 1.82) is 0 Å². The lowest BCUT2D eigenvalue weighted by molar-refractivity contribution is -0.126. The SMILES string of the molecule is COCCOCC(=O)NC1CCSc2ccc(F)cc21. The molecule has 2 rings (SSSR count).